The van der Waals surface area contributed by atoms with Crippen LogP contribution in [0.15, 0.2) is 30.3 Å². The molecule has 0 amide bonds. The van der Waals surface area contributed by atoms with E-state index in [1.165, 1.54) is 0 Å². The molecule has 1 aromatic carbocycles. The van der Waals surface area contributed by atoms with Crippen molar-refractivity contribution in [2.45, 2.75) is 63.6 Å². The van der Waals surface area contributed by atoms with Gasteiger partial charge in [-0.25, -0.2) is 0 Å². The number of benzene rings is 1. The summed E-state index contributed by atoms with van der Waals surface area (Å²) in [6.45, 7) is 6.56. The van der Waals surface area contributed by atoms with Crippen LogP contribution in [0.3, 0.4) is 0 Å². The molecule has 2 aliphatic rings. The third-order valence-electron chi connectivity index (χ3n) is 5.49. The molecule has 0 bridgehead atoms. The topological polar surface area (TPSA) is 46.4 Å². The minimum Gasteiger partial charge on any atom is -0.465 e. The van der Waals surface area contributed by atoms with Crippen molar-refractivity contribution in [3.05, 3.63) is 35.9 Å². The smallest absolute Gasteiger partial charge is 0.326 e. The predicted molar refractivity (Wildman–Crippen MR) is 88.3 cm³/mol. The van der Waals surface area contributed by atoms with Crippen LogP contribution in [-0.2, 0) is 9.53 Å². The van der Waals surface area contributed by atoms with Gasteiger partial charge in [0.2, 0.25) is 0 Å². The van der Waals surface area contributed by atoms with Crippen molar-refractivity contribution in [1.82, 2.24) is 4.90 Å². The molecule has 0 aromatic heterocycles. The van der Waals surface area contributed by atoms with Gasteiger partial charge in [-0.3, -0.25) is 14.5 Å². The lowest BCUT2D eigenvalue weighted by Gasteiger charge is -2.32. The third-order valence-corrected chi connectivity index (χ3v) is 5.49. The van der Waals surface area contributed by atoms with E-state index in [1.807, 2.05) is 37.3 Å². The third kappa shape index (κ3) is 2.59. The van der Waals surface area contributed by atoms with Crippen LogP contribution >= 0.6 is 0 Å². The van der Waals surface area contributed by atoms with Crippen LogP contribution in [0, 0.1) is 0 Å². The standard InChI is InChI=1S/C19H25NO3/c1-4-23-17(22)19(13-11-16-18(2,3)20(16)19)12-10-15(21)14-8-6-5-7-9-14/h5-9,16H,4,10-13H2,1-3H3/t16-,19+,20?/m1/s1. The molecule has 3 rings (SSSR count). The summed E-state index contributed by atoms with van der Waals surface area (Å²) in [6, 6.07) is 9.74. The summed E-state index contributed by atoms with van der Waals surface area (Å²) in [4.78, 5) is 27.4. The fraction of sp³-hybridized carbons (Fsp3) is 0.579. The number of Topliss-reactive ketones (excluding diaryl/α,β-unsaturated/α-hetero) is 1. The molecular weight excluding hydrogens is 290 g/mol. The molecule has 2 heterocycles. The number of carbonyl (C=O) groups is 2. The number of esters is 1. The molecule has 0 saturated carbocycles. The highest BCUT2D eigenvalue weighted by Crippen LogP contribution is 2.58. The lowest BCUT2D eigenvalue weighted by molar-refractivity contribution is -0.155. The van der Waals surface area contributed by atoms with Crippen LogP contribution in [0.4, 0.5) is 0 Å². The van der Waals surface area contributed by atoms with E-state index in [4.69, 9.17) is 4.74 Å². The molecule has 0 spiro atoms. The minimum atomic E-state index is -0.616. The Kier molecular flexibility index (Phi) is 4.05. The van der Waals surface area contributed by atoms with E-state index < -0.39 is 5.54 Å². The number of carbonyl (C=O) groups excluding carboxylic acids is 2. The summed E-state index contributed by atoms with van der Waals surface area (Å²) in [7, 11) is 0. The van der Waals surface area contributed by atoms with Crippen molar-refractivity contribution in [2.24, 2.45) is 0 Å². The second-order valence-electron chi connectivity index (χ2n) is 7.12. The number of rotatable bonds is 6. The molecule has 23 heavy (non-hydrogen) atoms. The van der Waals surface area contributed by atoms with Gasteiger partial charge in [0.15, 0.2) is 5.78 Å². The largest absolute Gasteiger partial charge is 0.465 e. The van der Waals surface area contributed by atoms with Crippen molar-refractivity contribution in [3.8, 4) is 0 Å². The minimum absolute atomic E-state index is 0.0425. The average Bonchev–Trinajstić information content (AvgIpc) is 2.92. The lowest BCUT2D eigenvalue weighted by atomic mass is 9.85. The van der Waals surface area contributed by atoms with Gasteiger partial charge >= 0.3 is 5.97 Å². The zero-order valence-electron chi connectivity index (χ0n) is 14.2. The van der Waals surface area contributed by atoms with E-state index >= 15 is 0 Å². The fourth-order valence-corrected chi connectivity index (χ4v) is 4.30. The van der Waals surface area contributed by atoms with Crippen LogP contribution in [0.5, 0.6) is 0 Å². The highest BCUT2D eigenvalue weighted by molar-refractivity contribution is 5.96. The Hall–Kier alpha value is -1.68. The van der Waals surface area contributed by atoms with Gasteiger partial charge < -0.3 is 4.74 Å². The second kappa shape index (κ2) is 5.75. The number of ketones is 1. The van der Waals surface area contributed by atoms with E-state index in [-0.39, 0.29) is 17.3 Å². The quantitative estimate of drug-likeness (QED) is 0.459. The van der Waals surface area contributed by atoms with Gasteiger partial charge in [0, 0.05) is 23.6 Å². The number of ether oxygens (including phenoxy) is 1. The average molecular weight is 315 g/mol. The molecule has 2 aliphatic heterocycles. The summed E-state index contributed by atoms with van der Waals surface area (Å²) in [5.74, 6) is -0.0636. The highest BCUT2D eigenvalue weighted by Gasteiger charge is 2.70. The Labute approximate surface area is 137 Å². The maximum atomic E-state index is 12.7. The molecule has 3 atom stereocenters. The second-order valence-corrected chi connectivity index (χ2v) is 7.12. The van der Waals surface area contributed by atoms with Gasteiger partial charge in [0.25, 0.3) is 0 Å². The van der Waals surface area contributed by atoms with Crippen molar-refractivity contribution in [2.75, 3.05) is 6.61 Å². The number of fused-ring (bicyclic) bond motifs is 1. The van der Waals surface area contributed by atoms with Gasteiger partial charge in [-0.05, 0) is 40.0 Å². The molecule has 0 N–H and O–H groups in total. The van der Waals surface area contributed by atoms with Crippen LogP contribution < -0.4 is 0 Å². The first kappa shape index (κ1) is 16.2. The zero-order chi connectivity index (χ0) is 16.7. The monoisotopic (exact) mass is 315 g/mol. The van der Waals surface area contributed by atoms with Gasteiger partial charge in [0.05, 0.1) is 6.61 Å². The molecule has 1 unspecified atom stereocenters. The number of hydrogen-bond acceptors (Lipinski definition) is 4. The van der Waals surface area contributed by atoms with Crippen LogP contribution in [0.25, 0.3) is 0 Å². The Morgan fingerprint density at radius 3 is 2.52 bits per heavy atom. The summed E-state index contributed by atoms with van der Waals surface area (Å²) < 4.78 is 5.37. The van der Waals surface area contributed by atoms with Crippen LogP contribution in [-0.4, -0.2) is 40.4 Å². The first-order valence-corrected chi connectivity index (χ1v) is 8.48. The van der Waals surface area contributed by atoms with E-state index in [0.717, 1.165) is 12.8 Å². The molecule has 4 nitrogen and oxygen atoms in total. The molecule has 124 valence electrons. The Balaban J connectivity index is 1.76. The van der Waals surface area contributed by atoms with Gasteiger partial charge in [-0.15, -0.1) is 0 Å². The van der Waals surface area contributed by atoms with E-state index in [2.05, 4.69) is 18.7 Å². The SMILES string of the molecule is CCOC(=O)[C@]1(CCC(=O)c2ccccc2)CC[C@H]2N1C2(C)C. The normalized spacial score (nSPS) is 30.6. The maximum Gasteiger partial charge on any atom is 0.326 e. The van der Waals surface area contributed by atoms with Gasteiger partial charge in [-0.2, -0.15) is 0 Å². The number of hydrogen-bond donors (Lipinski definition) is 0. The van der Waals surface area contributed by atoms with Gasteiger partial charge in [-0.1, -0.05) is 30.3 Å². The Bertz CT molecular complexity index is 610. The van der Waals surface area contributed by atoms with Crippen molar-refractivity contribution in [1.29, 1.82) is 0 Å². The van der Waals surface area contributed by atoms with E-state index in [0.29, 0.717) is 31.1 Å². The zero-order valence-corrected chi connectivity index (χ0v) is 14.2. The van der Waals surface area contributed by atoms with Crippen molar-refractivity contribution >= 4 is 11.8 Å². The molecule has 0 radical (unpaired) electrons. The summed E-state index contributed by atoms with van der Waals surface area (Å²) in [5.41, 5.74) is 0.140. The van der Waals surface area contributed by atoms with Gasteiger partial charge in [0.1, 0.15) is 5.54 Å². The predicted octanol–water partition coefficient (Wildman–Crippen LogP) is 3.21. The molecule has 2 fully saturated rings. The van der Waals surface area contributed by atoms with E-state index in [9.17, 15) is 9.59 Å². The lowest BCUT2D eigenvalue weighted by Crippen LogP contribution is -2.48. The van der Waals surface area contributed by atoms with E-state index in [1.54, 1.807) is 0 Å². The maximum absolute atomic E-state index is 12.7. The highest BCUT2D eigenvalue weighted by atomic mass is 16.5. The Morgan fingerprint density at radius 1 is 1.26 bits per heavy atom. The summed E-state index contributed by atoms with van der Waals surface area (Å²) >= 11 is 0. The molecular formula is C19H25NO3. The molecule has 2 saturated heterocycles. The first-order valence-electron chi connectivity index (χ1n) is 8.48. The van der Waals surface area contributed by atoms with Crippen LogP contribution in [0.1, 0.15) is 56.8 Å². The first-order chi connectivity index (χ1) is 10.9. The Morgan fingerprint density at radius 2 is 1.96 bits per heavy atom. The summed E-state index contributed by atoms with van der Waals surface area (Å²) in [5, 5.41) is 0. The molecule has 4 heteroatoms. The molecule has 0 aliphatic carbocycles. The summed E-state index contributed by atoms with van der Waals surface area (Å²) in [6.07, 6.45) is 2.72. The van der Waals surface area contributed by atoms with Crippen molar-refractivity contribution in [3.63, 3.8) is 0 Å². The van der Waals surface area contributed by atoms with Crippen LogP contribution in [0.2, 0.25) is 0 Å². The fourth-order valence-electron chi connectivity index (χ4n) is 4.30. The van der Waals surface area contributed by atoms with Crippen molar-refractivity contribution < 1.29 is 14.3 Å². The molecule has 1 aromatic rings. The number of nitrogens with zero attached hydrogens (tertiary/aromatic N) is 1. The number of piperidine rings is 1.